The zero-order chi connectivity index (χ0) is 16.0. The van der Waals surface area contributed by atoms with Gasteiger partial charge in [0.2, 0.25) is 0 Å². The lowest BCUT2D eigenvalue weighted by molar-refractivity contribution is -0.114. The van der Waals surface area contributed by atoms with E-state index in [-0.39, 0.29) is 16.3 Å². The first-order valence-corrected chi connectivity index (χ1v) is 8.29. The van der Waals surface area contributed by atoms with E-state index in [4.69, 9.17) is 11.5 Å². The van der Waals surface area contributed by atoms with Crippen molar-refractivity contribution in [3.05, 3.63) is 35.9 Å². The molecule has 1 amide bonds. The number of allylic oxidation sites excluding steroid dienone is 1. The van der Waals surface area contributed by atoms with Crippen molar-refractivity contribution in [2.75, 3.05) is 6.26 Å². The SMILES string of the molecule is CCC/C=C(\C(N)=O)C(N)=Nc1cccc(S(C)(=O)=O)c1. The summed E-state index contributed by atoms with van der Waals surface area (Å²) in [7, 11) is -3.33. The highest BCUT2D eigenvalue weighted by Crippen LogP contribution is 2.18. The summed E-state index contributed by atoms with van der Waals surface area (Å²) < 4.78 is 23.0. The Morgan fingerprint density at radius 3 is 2.52 bits per heavy atom. The minimum Gasteiger partial charge on any atom is -0.383 e. The Labute approximate surface area is 124 Å². The number of primary amides is 1. The molecule has 1 rings (SSSR count). The van der Waals surface area contributed by atoms with Gasteiger partial charge in [-0.25, -0.2) is 13.4 Å². The maximum absolute atomic E-state index is 11.5. The highest BCUT2D eigenvalue weighted by molar-refractivity contribution is 7.90. The van der Waals surface area contributed by atoms with Gasteiger partial charge in [-0.2, -0.15) is 0 Å². The molecule has 0 aliphatic rings. The second kappa shape index (κ2) is 7.03. The number of sulfone groups is 1. The summed E-state index contributed by atoms with van der Waals surface area (Å²) in [4.78, 5) is 15.6. The van der Waals surface area contributed by atoms with Gasteiger partial charge in [-0.15, -0.1) is 0 Å². The molecule has 1 aromatic carbocycles. The number of carbonyl (C=O) groups is 1. The van der Waals surface area contributed by atoms with Crippen LogP contribution in [-0.2, 0) is 14.6 Å². The molecule has 0 atom stereocenters. The molecule has 0 heterocycles. The van der Waals surface area contributed by atoms with Gasteiger partial charge in [-0.3, -0.25) is 4.79 Å². The quantitative estimate of drug-likeness (QED) is 0.468. The van der Waals surface area contributed by atoms with Crippen LogP contribution in [0, 0.1) is 0 Å². The molecule has 0 spiro atoms. The lowest BCUT2D eigenvalue weighted by Gasteiger charge is -2.04. The number of unbranched alkanes of at least 4 members (excludes halogenated alkanes) is 1. The van der Waals surface area contributed by atoms with E-state index in [1.807, 2.05) is 6.92 Å². The van der Waals surface area contributed by atoms with Crippen molar-refractivity contribution in [2.24, 2.45) is 16.5 Å². The van der Waals surface area contributed by atoms with Crippen LogP contribution >= 0.6 is 0 Å². The van der Waals surface area contributed by atoms with Crippen molar-refractivity contribution >= 4 is 27.3 Å². The first kappa shape index (κ1) is 16.9. The molecule has 0 radical (unpaired) electrons. The Morgan fingerprint density at radius 2 is 2.00 bits per heavy atom. The first-order valence-electron chi connectivity index (χ1n) is 6.40. The van der Waals surface area contributed by atoms with Crippen molar-refractivity contribution in [3.63, 3.8) is 0 Å². The van der Waals surface area contributed by atoms with E-state index in [9.17, 15) is 13.2 Å². The van der Waals surface area contributed by atoms with Crippen molar-refractivity contribution in [1.82, 2.24) is 0 Å². The summed E-state index contributed by atoms with van der Waals surface area (Å²) in [6.45, 7) is 1.96. The van der Waals surface area contributed by atoms with Crippen LogP contribution in [0.15, 0.2) is 45.8 Å². The molecule has 0 saturated carbocycles. The van der Waals surface area contributed by atoms with E-state index in [0.717, 1.165) is 12.7 Å². The topological polar surface area (TPSA) is 116 Å². The molecular weight excluding hydrogens is 290 g/mol. The second-order valence-corrected chi connectivity index (χ2v) is 6.55. The van der Waals surface area contributed by atoms with Crippen LogP contribution in [0.25, 0.3) is 0 Å². The summed E-state index contributed by atoms with van der Waals surface area (Å²) in [6, 6.07) is 6.01. The molecule has 0 bridgehead atoms. The average Bonchev–Trinajstić information content (AvgIpc) is 2.38. The minimum atomic E-state index is -3.33. The molecule has 1 aromatic rings. The number of rotatable bonds is 6. The molecule has 6 nitrogen and oxygen atoms in total. The van der Waals surface area contributed by atoms with E-state index in [1.54, 1.807) is 18.2 Å². The Kier molecular flexibility index (Phi) is 5.66. The van der Waals surface area contributed by atoms with Gasteiger partial charge in [-0.1, -0.05) is 25.5 Å². The average molecular weight is 309 g/mol. The van der Waals surface area contributed by atoms with Crippen LogP contribution in [0.2, 0.25) is 0 Å². The number of carbonyl (C=O) groups excluding carboxylic acids is 1. The van der Waals surface area contributed by atoms with E-state index in [0.29, 0.717) is 12.1 Å². The lowest BCUT2D eigenvalue weighted by atomic mass is 10.1. The van der Waals surface area contributed by atoms with Crippen molar-refractivity contribution in [1.29, 1.82) is 0 Å². The third-order valence-corrected chi connectivity index (χ3v) is 3.78. The summed E-state index contributed by atoms with van der Waals surface area (Å²) >= 11 is 0. The molecule has 4 N–H and O–H groups in total. The standard InChI is InChI=1S/C14H19N3O3S/c1-3-4-8-12(14(16)18)13(15)17-10-6-5-7-11(9-10)21(2,19)20/h5-9H,3-4H2,1-2H3,(H2,15,17)(H2,16,18)/b12-8-. The summed E-state index contributed by atoms with van der Waals surface area (Å²) in [5.74, 6) is -0.689. The summed E-state index contributed by atoms with van der Waals surface area (Å²) in [5.41, 5.74) is 11.5. The molecule has 0 fully saturated rings. The van der Waals surface area contributed by atoms with Gasteiger partial charge < -0.3 is 11.5 Å². The predicted molar refractivity (Wildman–Crippen MR) is 83.0 cm³/mol. The normalized spacial score (nSPS) is 13.2. The largest absolute Gasteiger partial charge is 0.383 e. The molecular formula is C14H19N3O3S. The van der Waals surface area contributed by atoms with E-state index < -0.39 is 15.7 Å². The maximum Gasteiger partial charge on any atom is 0.252 e. The van der Waals surface area contributed by atoms with E-state index >= 15 is 0 Å². The van der Waals surface area contributed by atoms with Gasteiger partial charge in [0.25, 0.3) is 5.91 Å². The number of nitrogens with zero attached hydrogens (tertiary/aromatic N) is 1. The van der Waals surface area contributed by atoms with Crippen LogP contribution in [0.1, 0.15) is 19.8 Å². The molecule has 0 saturated heterocycles. The Morgan fingerprint density at radius 1 is 1.33 bits per heavy atom. The predicted octanol–water partition coefficient (Wildman–Crippen LogP) is 1.29. The number of nitrogens with two attached hydrogens (primary N) is 2. The fraction of sp³-hybridized carbons (Fsp3) is 0.286. The van der Waals surface area contributed by atoms with E-state index in [2.05, 4.69) is 4.99 Å². The number of hydrogen-bond donors (Lipinski definition) is 2. The Balaban J connectivity index is 3.20. The third-order valence-electron chi connectivity index (χ3n) is 2.67. The molecule has 0 aromatic heterocycles. The van der Waals surface area contributed by atoms with Gasteiger partial charge in [0.1, 0.15) is 5.84 Å². The van der Waals surface area contributed by atoms with Gasteiger partial charge in [0.15, 0.2) is 9.84 Å². The van der Waals surface area contributed by atoms with Gasteiger partial charge in [-0.05, 0) is 24.6 Å². The summed E-state index contributed by atoms with van der Waals surface area (Å²) in [5, 5.41) is 0. The summed E-state index contributed by atoms with van der Waals surface area (Å²) in [6.07, 6.45) is 4.22. The minimum absolute atomic E-state index is 0.0263. The molecule has 21 heavy (non-hydrogen) atoms. The molecule has 7 heteroatoms. The van der Waals surface area contributed by atoms with Gasteiger partial charge >= 0.3 is 0 Å². The zero-order valence-electron chi connectivity index (χ0n) is 12.0. The van der Waals surface area contributed by atoms with E-state index in [1.165, 1.54) is 12.1 Å². The fourth-order valence-corrected chi connectivity index (χ4v) is 2.26. The van der Waals surface area contributed by atoms with Gasteiger partial charge in [0, 0.05) is 6.26 Å². The van der Waals surface area contributed by atoms with Crippen molar-refractivity contribution < 1.29 is 13.2 Å². The zero-order valence-corrected chi connectivity index (χ0v) is 12.9. The maximum atomic E-state index is 11.5. The fourth-order valence-electron chi connectivity index (χ4n) is 1.60. The van der Waals surface area contributed by atoms with Crippen LogP contribution < -0.4 is 11.5 Å². The monoisotopic (exact) mass is 309 g/mol. The number of aliphatic imine (C=N–C) groups is 1. The van der Waals surface area contributed by atoms with Crippen LogP contribution in [0.4, 0.5) is 5.69 Å². The first-order chi connectivity index (χ1) is 9.75. The van der Waals surface area contributed by atoms with Crippen LogP contribution in [-0.4, -0.2) is 26.4 Å². The molecule has 0 unspecified atom stereocenters. The van der Waals surface area contributed by atoms with Crippen molar-refractivity contribution in [3.8, 4) is 0 Å². The molecule has 0 aliphatic heterocycles. The Hall–Kier alpha value is -2.15. The number of amides is 1. The molecule has 114 valence electrons. The van der Waals surface area contributed by atoms with Gasteiger partial charge in [0.05, 0.1) is 16.2 Å². The number of hydrogen-bond acceptors (Lipinski definition) is 4. The lowest BCUT2D eigenvalue weighted by Crippen LogP contribution is -2.26. The smallest absolute Gasteiger partial charge is 0.252 e. The highest BCUT2D eigenvalue weighted by Gasteiger charge is 2.11. The number of benzene rings is 1. The Bertz CT molecular complexity index is 691. The second-order valence-electron chi connectivity index (χ2n) is 4.54. The third kappa shape index (κ3) is 5.03. The number of amidine groups is 1. The van der Waals surface area contributed by atoms with Crippen molar-refractivity contribution in [2.45, 2.75) is 24.7 Å². The van der Waals surface area contributed by atoms with Crippen LogP contribution in [0.3, 0.4) is 0 Å². The van der Waals surface area contributed by atoms with Crippen LogP contribution in [0.5, 0.6) is 0 Å². The molecule has 0 aliphatic carbocycles. The highest BCUT2D eigenvalue weighted by atomic mass is 32.2.